The Bertz CT molecular complexity index is 579. The fourth-order valence-corrected chi connectivity index (χ4v) is 2.47. The molecule has 2 rings (SSSR count). The molecule has 0 amide bonds. The minimum Gasteiger partial charge on any atom is -0.394 e. The molecule has 0 aliphatic heterocycles. The van der Waals surface area contributed by atoms with Gasteiger partial charge in [-0.2, -0.15) is 0 Å². The summed E-state index contributed by atoms with van der Waals surface area (Å²) in [5.74, 6) is -0.397. The van der Waals surface area contributed by atoms with Gasteiger partial charge in [0.2, 0.25) is 0 Å². The lowest BCUT2D eigenvalue weighted by atomic mass is 10.1. The summed E-state index contributed by atoms with van der Waals surface area (Å²) >= 11 is 9.43. The normalized spacial score (nSPS) is 12.2. The number of hydrogen-bond acceptors (Lipinski definition) is 2. The van der Waals surface area contributed by atoms with Crippen molar-refractivity contribution in [2.75, 3.05) is 11.9 Å². The molecule has 1 atom stereocenters. The van der Waals surface area contributed by atoms with E-state index in [1.165, 1.54) is 12.1 Å². The molecule has 2 nitrogen and oxygen atoms in total. The molecule has 2 aromatic carbocycles. The predicted molar refractivity (Wildman–Crippen MR) is 79.0 cm³/mol. The summed E-state index contributed by atoms with van der Waals surface area (Å²) < 4.78 is 13.9. The Morgan fingerprint density at radius 3 is 2.63 bits per heavy atom. The number of nitrogens with one attached hydrogen (secondary N) is 1. The molecule has 100 valence electrons. The van der Waals surface area contributed by atoms with E-state index < -0.39 is 11.9 Å². The third-order valence-corrected chi connectivity index (χ3v) is 3.74. The smallest absolute Gasteiger partial charge is 0.124 e. The van der Waals surface area contributed by atoms with Gasteiger partial charge in [-0.15, -0.1) is 0 Å². The van der Waals surface area contributed by atoms with Crippen LogP contribution >= 0.6 is 27.5 Å². The molecule has 5 heteroatoms. The van der Waals surface area contributed by atoms with E-state index in [1.807, 2.05) is 24.3 Å². The average Bonchev–Trinajstić information content (AvgIpc) is 2.39. The molecule has 0 saturated carbocycles. The van der Waals surface area contributed by atoms with E-state index >= 15 is 0 Å². The van der Waals surface area contributed by atoms with Crippen molar-refractivity contribution >= 4 is 33.2 Å². The molecule has 0 aliphatic carbocycles. The van der Waals surface area contributed by atoms with Crippen LogP contribution in [0.2, 0.25) is 5.02 Å². The Morgan fingerprint density at radius 1 is 1.26 bits per heavy atom. The van der Waals surface area contributed by atoms with Crippen molar-refractivity contribution in [3.63, 3.8) is 0 Å². The van der Waals surface area contributed by atoms with E-state index in [4.69, 9.17) is 11.6 Å². The number of rotatable bonds is 4. The van der Waals surface area contributed by atoms with Crippen LogP contribution in [-0.2, 0) is 0 Å². The number of benzene rings is 2. The maximum atomic E-state index is 13.0. The van der Waals surface area contributed by atoms with Gasteiger partial charge in [-0.05, 0) is 45.8 Å². The molecule has 0 saturated heterocycles. The zero-order valence-electron chi connectivity index (χ0n) is 9.91. The summed E-state index contributed by atoms with van der Waals surface area (Å²) in [5, 5.41) is 13.0. The molecule has 0 fully saturated rings. The van der Waals surface area contributed by atoms with Gasteiger partial charge in [0.1, 0.15) is 5.82 Å². The van der Waals surface area contributed by atoms with Crippen LogP contribution in [-0.4, -0.2) is 11.7 Å². The fourth-order valence-electron chi connectivity index (χ4n) is 1.77. The molecular weight excluding hydrogens is 333 g/mol. The Kier molecular flexibility index (Phi) is 4.80. The number of anilines is 1. The molecule has 0 spiro atoms. The highest BCUT2D eigenvalue weighted by Gasteiger charge is 2.15. The molecular formula is C14H12BrClFNO. The Morgan fingerprint density at radius 2 is 2.00 bits per heavy atom. The van der Waals surface area contributed by atoms with Gasteiger partial charge in [-0.25, -0.2) is 4.39 Å². The third-order valence-electron chi connectivity index (χ3n) is 2.72. The topological polar surface area (TPSA) is 32.3 Å². The van der Waals surface area contributed by atoms with Crippen LogP contribution < -0.4 is 5.32 Å². The van der Waals surface area contributed by atoms with Crippen LogP contribution in [0.25, 0.3) is 0 Å². The first-order chi connectivity index (χ1) is 9.11. The van der Waals surface area contributed by atoms with E-state index in [2.05, 4.69) is 21.2 Å². The first-order valence-electron chi connectivity index (χ1n) is 5.68. The lowest BCUT2D eigenvalue weighted by Gasteiger charge is -2.20. The first-order valence-corrected chi connectivity index (χ1v) is 6.86. The third kappa shape index (κ3) is 3.47. The minimum atomic E-state index is -0.397. The van der Waals surface area contributed by atoms with E-state index in [-0.39, 0.29) is 6.61 Å². The molecule has 0 aliphatic rings. The van der Waals surface area contributed by atoms with Crippen molar-refractivity contribution in [3.05, 3.63) is 63.3 Å². The number of halogens is 3. The number of aliphatic hydroxyl groups excluding tert-OH is 1. The number of para-hydroxylation sites is 1. The monoisotopic (exact) mass is 343 g/mol. The summed E-state index contributed by atoms with van der Waals surface area (Å²) in [6.45, 7) is -0.146. The Hall–Kier alpha value is -1.10. The molecule has 0 bridgehead atoms. The molecule has 2 aromatic rings. The van der Waals surface area contributed by atoms with Crippen molar-refractivity contribution in [1.29, 1.82) is 0 Å². The van der Waals surface area contributed by atoms with E-state index in [0.29, 0.717) is 10.6 Å². The minimum absolute atomic E-state index is 0.146. The molecule has 0 aromatic heterocycles. The van der Waals surface area contributed by atoms with Gasteiger partial charge in [0.05, 0.1) is 12.6 Å². The summed E-state index contributed by atoms with van der Waals surface area (Å²) in [6, 6.07) is 11.3. The molecule has 19 heavy (non-hydrogen) atoms. The van der Waals surface area contributed by atoms with Crippen molar-refractivity contribution in [1.82, 2.24) is 0 Å². The highest BCUT2D eigenvalue weighted by molar-refractivity contribution is 9.10. The van der Waals surface area contributed by atoms with Crippen LogP contribution in [0, 0.1) is 5.82 Å². The fraction of sp³-hybridized carbons (Fsp3) is 0.143. The SMILES string of the molecule is OCC(Nc1ccccc1Br)c1ccc(F)cc1Cl. The number of aliphatic hydroxyl groups is 1. The van der Waals surface area contributed by atoms with Crippen LogP contribution in [0.4, 0.5) is 10.1 Å². The Balaban J connectivity index is 2.28. The van der Waals surface area contributed by atoms with Crippen molar-refractivity contribution in [2.24, 2.45) is 0 Å². The first kappa shape index (κ1) is 14.3. The lowest BCUT2D eigenvalue weighted by molar-refractivity contribution is 0.276. The maximum absolute atomic E-state index is 13.0. The number of hydrogen-bond donors (Lipinski definition) is 2. The predicted octanol–water partition coefficient (Wildman–Crippen LogP) is 4.39. The van der Waals surface area contributed by atoms with Crippen LogP contribution in [0.1, 0.15) is 11.6 Å². The van der Waals surface area contributed by atoms with Crippen molar-refractivity contribution < 1.29 is 9.50 Å². The average molecular weight is 345 g/mol. The molecule has 1 unspecified atom stereocenters. The van der Waals surface area contributed by atoms with Crippen LogP contribution in [0.3, 0.4) is 0 Å². The second-order valence-electron chi connectivity index (χ2n) is 4.03. The van der Waals surface area contributed by atoms with Gasteiger partial charge in [0.25, 0.3) is 0 Å². The molecule has 2 N–H and O–H groups in total. The van der Waals surface area contributed by atoms with Crippen LogP contribution in [0.5, 0.6) is 0 Å². The van der Waals surface area contributed by atoms with E-state index in [9.17, 15) is 9.50 Å². The summed E-state index contributed by atoms with van der Waals surface area (Å²) in [4.78, 5) is 0. The van der Waals surface area contributed by atoms with Gasteiger partial charge in [-0.3, -0.25) is 0 Å². The highest BCUT2D eigenvalue weighted by Crippen LogP contribution is 2.29. The zero-order chi connectivity index (χ0) is 13.8. The van der Waals surface area contributed by atoms with Gasteiger partial charge in [-0.1, -0.05) is 29.8 Å². The maximum Gasteiger partial charge on any atom is 0.124 e. The van der Waals surface area contributed by atoms with Crippen molar-refractivity contribution in [2.45, 2.75) is 6.04 Å². The summed E-state index contributed by atoms with van der Waals surface area (Å²) in [6.07, 6.45) is 0. The second kappa shape index (κ2) is 6.37. The van der Waals surface area contributed by atoms with Gasteiger partial charge >= 0.3 is 0 Å². The summed E-state index contributed by atoms with van der Waals surface area (Å²) in [5.41, 5.74) is 1.49. The molecule has 0 radical (unpaired) electrons. The summed E-state index contributed by atoms with van der Waals surface area (Å²) in [7, 11) is 0. The second-order valence-corrected chi connectivity index (χ2v) is 5.29. The quantitative estimate of drug-likeness (QED) is 0.862. The van der Waals surface area contributed by atoms with Gasteiger partial charge < -0.3 is 10.4 Å². The van der Waals surface area contributed by atoms with Crippen molar-refractivity contribution in [3.8, 4) is 0 Å². The lowest BCUT2D eigenvalue weighted by Crippen LogP contribution is -2.15. The van der Waals surface area contributed by atoms with Gasteiger partial charge in [0.15, 0.2) is 0 Å². The van der Waals surface area contributed by atoms with E-state index in [1.54, 1.807) is 6.07 Å². The largest absolute Gasteiger partial charge is 0.394 e. The van der Waals surface area contributed by atoms with Gasteiger partial charge in [0, 0.05) is 15.2 Å². The zero-order valence-corrected chi connectivity index (χ0v) is 12.2. The molecule has 0 heterocycles. The standard InChI is InChI=1S/C14H12BrClFNO/c15-11-3-1-2-4-13(11)18-14(8-19)10-6-5-9(17)7-12(10)16/h1-7,14,18-19H,8H2. The van der Waals surface area contributed by atoms with E-state index in [0.717, 1.165) is 10.2 Å². The Labute approximate surface area is 124 Å². The van der Waals surface area contributed by atoms with Crippen LogP contribution in [0.15, 0.2) is 46.9 Å². The highest BCUT2D eigenvalue weighted by atomic mass is 79.9.